The van der Waals surface area contributed by atoms with Crippen LogP contribution in [0.1, 0.15) is 19.4 Å². The molecule has 0 aliphatic heterocycles. The number of hydrogen-bond acceptors (Lipinski definition) is 2. The van der Waals surface area contributed by atoms with E-state index < -0.39 is 5.97 Å². The van der Waals surface area contributed by atoms with Crippen molar-refractivity contribution >= 4 is 11.7 Å². The minimum absolute atomic E-state index is 0.366. The highest BCUT2D eigenvalue weighted by molar-refractivity contribution is 5.70. The molecule has 0 saturated heterocycles. The number of para-hydroxylation sites is 1. The Morgan fingerprint density at radius 2 is 2.13 bits per heavy atom. The predicted molar refractivity (Wildman–Crippen MR) is 61.1 cm³/mol. The van der Waals surface area contributed by atoms with Gasteiger partial charge in [-0.25, -0.2) is 0 Å². The quantitative estimate of drug-likeness (QED) is 0.779. The number of aliphatic carboxylic acids is 1. The lowest BCUT2D eigenvalue weighted by atomic mass is 10.1. The lowest BCUT2D eigenvalue weighted by molar-refractivity contribution is -0.140. The molecule has 82 valence electrons. The van der Waals surface area contributed by atoms with Gasteiger partial charge >= 0.3 is 5.97 Å². The molecule has 0 saturated carbocycles. The lowest BCUT2D eigenvalue weighted by Crippen LogP contribution is -2.20. The highest BCUT2D eigenvalue weighted by Gasteiger charge is 2.10. The van der Waals surface area contributed by atoms with E-state index in [0.717, 1.165) is 12.1 Å². The second-order valence-corrected chi connectivity index (χ2v) is 3.63. The Kier molecular flexibility index (Phi) is 4.16. The summed E-state index contributed by atoms with van der Waals surface area (Å²) in [5, 5.41) is 11.9. The number of rotatable bonds is 5. The zero-order valence-electron chi connectivity index (χ0n) is 9.16. The van der Waals surface area contributed by atoms with Crippen LogP contribution in [0, 0.1) is 5.92 Å². The molecule has 3 nitrogen and oxygen atoms in total. The number of aryl methyl sites for hydroxylation is 1. The topological polar surface area (TPSA) is 49.3 Å². The zero-order valence-corrected chi connectivity index (χ0v) is 9.16. The van der Waals surface area contributed by atoms with Crippen LogP contribution in [0.4, 0.5) is 5.69 Å². The van der Waals surface area contributed by atoms with Crippen LogP contribution in [0.15, 0.2) is 24.3 Å². The molecule has 2 N–H and O–H groups in total. The van der Waals surface area contributed by atoms with Gasteiger partial charge in [0.2, 0.25) is 0 Å². The molecular formula is C12H17NO2. The second-order valence-electron chi connectivity index (χ2n) is 3.63. The molecular weight excluding hydrogens is 190 g/mol. The fourth-order valence-corrected chi connectivity index (χ4v) is 1.35. The summed E-state index contributed by atoms with van der Waals surface area (Å²) in [7, 11) is 0. The first-order chi connectivity index (χ1) is 7.15. The molecule has 1 atom stereocenters. The van der Waals surface area contributed by atoms with Gasteiger partial charge in [-0.1, -0.05) is 32.0 Å². The van der Waals surface area contributed by atoms with Crippen molar-refractivity contribution in [2.75, 3.05) is 11.9 Å². The Labute approximate surface area is 90.1 Å². The third-order valence-electron chi connectivity index (χ3n) is 2.42. The van der Waals surface area contributed by atoms with Gasteiger partial charge in [-0.2, -0.15) is 0 Å². The van der Waals surface area contributed by atoms with Crippen LogP contribution < -0.4 is 5.32 Å². The Bertz CT molecular complexity index is 336. The molecule has 0 aliphatic rings. The summed E-state index contributed by atoms with van der Waals surface area (Å²) in [6, 6.07) is 7.97. The molecule has 1 aromatic rings. The van der Waals surface area contributed by atoms with Gasteiger partial charge < -0.3 is 10.4 Å². The van der Waals surface area contributed by atoms with Crippen molar-refractivity contribution < 1.29 is 9.90 Å². The zero-order chi connectivity index (χ0) is 11.3. The number of benzene rings is 1. The van der Waals surface area contributed by atoms with Crippen LogP contribution in [0.3, 0.4) is 0 Å². The maximum atomic E-state index is 10.6. The van der Waals surface area contributed by atoms with E-state index in [4.69, 9.17) is 5.11 Å². The fraction of sp³-hybridized carbons (Fsp3) is 0.417. The Balaban J connectivity index is 2.60. The third-order valence-corrected chi connectivity index (χ3v) is 2.42. The highest BCUT2D eigenvalue weighted by atomic mass is 16.4. The van der Waals surface area contributed by atoms with Crippen molar-refractivity contribution in [3.63, 3.8) is 0 Å². The molecule has 1 rings (SSSR count). The van der Waals surface area contributed by atoms with Crippen molar-refractivity contribution in [3.8, 4) is 0 Å². The number of hydrogen-bond donors (Lipinski definition) is 2. The van der Waals surface area contributed by atoms with E-state index in [0.29, 0.717) is 6.54 Å². The average molecular weight is 207 g/mol. The molecule has 0 amide bonds. The SMILES string of the molecule is CCc1ccccc1NCC(C)C(=O)O. The van der Waals surface area contributed by atoms with E-state index in [1.807, 2.05) is 24.3 Å². The van der Waals surface area contributed by atoms with Crippen LogP contribution in [0.25, 0.3) is 0 Å². The summed E-state index contributed by atoms with van der Waals surface area (Å²) in [6.45, 7) is 4.25. The largest absolute Gasteiger partial charge is 0.481 e. The van der Waals surface area contributed by atoms with Gasteiger partial charge in [-0.15, -0.1) is 0 Å². The summed E-state index contributed by atoms with van der Waals surface area (Å²) in [5.74, 6) is -1.13. The average Bonchev–Trinajstić information content (AvgIpc) is 2.26. The van der Waals surface area contributed by atoms with Crippen LogP contribution in [0.2, 0.25) is 0 Å². The van der Waals surface area contributed by atoms with Gasteiger partial charge in [0.05, 0.1) is 5.92 Å². The monoisotopic (exact) mass is 207 g/mol. The molecule has 0 aliphatic carbocycles. The van der Waals surface area contributed by atoms with E-state index in [-0.39, 0.29) is 5.92 Å². The molecule has 0 bridgehead atoms. The van der Waals surface area contributed by atoms with Crippen molar-refractivity contribution in [1.82, 2.24) is 0 Å². The molecule has 15 heavy (non-hydrogen) atoms. The molecule has 0 heterocycles. The van der Waals surface area contributed by atoms with Gasteiger partial charge in [-0.05, 0) is 18.1 Å². The van der Waals surface area contributed by atoms with Gasteiger partial charge in [0, 0.05) is 12.2 Å². The minimum atomic E-state index is -0.767. The Morgan fingerprint density at radius 3 is 2.73 bits per heavy atom. The smallest absolute Gasteiger partial charge is 0.308 e. The summed E-state index contributed by atoms with van der Waals surface area (Å²) in [4.78, 5) is 10.6. The van der Waals surface area contributed by atoms with Crippen LogP contribution in [-0.4, -0.2) is 17.6 Å². The first-order valence-corrected chi connectivity index (χ1v) is 5.19. The van der Waals surface area contributed by atoms with E-state index >= 15 is 0 Å². The first-order valence-electron chi connectivity index (χ1n) is 5.19. The van der Waals surface area contributed by atoms with Gasteiger partial charge in [0.1, 0.15) is 0 Å². The van der Waals surface area contributed by atoms with Crippen molar-refractivity contribution in [1.29, 1.82) is 0 Å². The third kappa shape index (κ3) is 3.27. The molecule has 0 radical (unpaired) electrons. The van der Waals surface area contributed by atoms with Crippen molar-refractivity contribution in [2.24, 2.45) is 5.92 Å². The van der Waals surface area contributed by atoms with E-state index in [1.54, 1.807) is 6.92 Å². The predicted octanol–water partition coefficient (Wildman–Crippen LogP) is 2.38. The lowest BCUT2D eigenvalue weighted by Gasteiger charge is -2.12. The van der Waals surface area contributed by atoms with Gasteiger partial charge in [-0.3, -0.25) is 4.79 Å². The number of anilines is 1. The van der Waals surface area contributed by atoms with E-state index in [9.17, 15) is 4.79 Å². The maximum absolute atomic E-state index is 10.6. The van der Waals surface area contributed by atoms with Crippen molar-refractivity contribution in [2.45, 2.75) is 20.3 Å². The summed E-state index contributed by atoms with van der Waals surface area (Å²) in [6.07, 6.45) is 0.949. The van der Waals surface area contributed by atoms with Gasteiger partial charge in [0.25, 0.3) is 0 Å². The van der Waals surface area contributed by atoms with Crippen LogP contribution >= 0.6 is 0 Å². The Morgan fingerprint density at radius 1 is 1.47 bits per heavy atom. The van der Waals surface area contributed by atoms with Crippen LogP contribution in [-0.2, 0) is 11.2 Å². The highest BCUT2D eigenvalue weighted by Crippen LogP contribution is 2.15. The Hall–Kier alpha value is -1.51. The molecule has 0 aromatic heterocycles. The molecule has 1 aromatic carbocycles. The number of carboxylic acid groups (broad SMARTS) is 1. The van der Waals surface area contributed by atoms with Crippen LogP contribution in [0.5, 0.6) is 0 Å². The molecule has 0 fully saturated rings. The molecule has 1 unspecified atom stereocenters. The van der Waals surface area contributed by atoms with E-state index in [1.165, 1.54) is 5.56 Å². The minimum Gasteiger partial charge on any atom is -0.481 e. The summed E-state index contributed by atoms with van der Waals surface area (Å²) >= 11 is 0. The fourth-order valence-electron chi connectivity index (χ4n) is 1.35. The summed E-state index contributed by atoms with van der Waals surface area (Å²) < 4.78 is 0. The molecule has 3 heteroatoms. The van der Waals surface area contributed by atoms with E-state index in [2.05, 4.69) is 12.2 Å². The standard InChI is InChI=1S/C12H17NO2/c1-3-10-6-4-5-7-11(10)13-8-9(2)12(14)15/h4-7,9,13H,3,8H2,1-2H3,(H,14,15). The number of carbonyl (C=O) groups is 1. The van der Waals surface area contributed by atoms with Gasteiger partial charge in [0.15, 0.2) is 0 Å². The maximum Gasteiger partial charge on any atom is 0.308 e. The normalized spacial score (nSPS) is 12.1. The first kappa shape index (κ1) is 11.6. The number of carboxylic acids is 1. The summed E-state index contributed by atoms with van der Waals surface area (Å²) in [5.41, 5.74) is 2.25. The second kappa shape index (κ2) is 5.39. The molecule has 0 spiro atoms. The van der Waals surface area contributed by atoms with Crippen molar-refractivity contribution in [3.05, 3.63) is 29.8 Å². The number of nitrogens with one attached hydrogen (secondary N) is 1.